The lowest BCUT2D eigenvalue weighted by molar-refractivity contribution is 0.0953. The van der Waals surface area contributed by atoms with E-state index < -0.39 is 17.6 Å². The number of H-pyrrole nitrogens is 1. The number of aromatic nitrogens is 1. The minimum atomic E-state index is -0.615. The fourth-order valence-electron chi connectivity index (χ4n) is 3.01. The molecule has 6 nitrogen and oxygen atoms in total. The molecule has 2 amide bonds. The van der Waals surface area contributed by atoms with Crippen molar-refractivity contribution < 1.29 is 14.0 Å². The number of fused-ring (bicyclic) bond motifs is 1. The van der Waals surface area contributed by atoms with E-state index in [2.05, 4.69) is 20.8 Å². The smallest absolute Gasteiger partial charge is 0.271 e. The zero-order valence-electron chi connectivity index (χ0n) is 15.7. The third-order valence-corrected chi connectivity index (χ3v) is 4.49. The van der Waals surface area contributed by atoms with Crippen LogP contribution in [0.3, 0.4) is 0 Å². The molecule has 1 aromatic heterocycles. The van der Waals surface area contributed by atoms with Crippen LogP contribution in [0.5, 0.6) is 0 Å². The topological polar surface area (TPSA) is 86.3 Å². The number of anilines is 1. The van der Waals surface area contributed by atoms with E-state index in [1.807, 2.05) is 24.3 Å². The maximum Gasteiger partial charge on any atom is 0.271 e. The molecular formula is C23H17FN4O2. The molecule has 148 valence electrons. The highest BCUT2D eigenvalue weighted by molar-refractivity contribution is 6.05. The van der Waals surface area contributed by atoms with Gasteiger partial charge in [-0.05, 0) is 36.4 Å². The number of nitrogens with zero attached hydrogens (tertiary/aromatic N) is 1. The Kier molecular flexibility index (Phi) is 5.34. The van der Waals surface area contributed by atoms with E-state index in [9.17, 15) is 14.0 Å². The van der Waals surface area contributed by atoms with E-state index in [-0.39, 0.29) is 5.56 Å². The molecule has 0 radical (unpaired) electrons. The quantitative estimate of drug-likeness (QED) is 0.344. The third-order valence-electron chi connectivity index (χ3n) is 4.49. The molecule has 0 aliphatic carbocycles. The van der Waals surface area contributed by atoms with Crippen molar-refractivity contribution in [2.45, 2.75) is 0 Å². The molecule has 0 saturated carbocycles. The second kappa shape index (κ2) is 8.40. The maximum absolute atomic E-state index is 13.8. The zero-order valence-corrected chi connectivity index (χ0v) is 15.7. The summed E-state index contributed by atoms with van der Waals surface area (Å²) in [5.74, 6) is -1.65. The van der Waals surface area contributed by atoms with Gasteiger partial charge in [0.05, 0.1) is 11.8 Å². The van der Waals surface area contributed by atoms with Gasteiger partial charge < -0.3 is 10.3 Å². The van der Waals surface area contributed by atoms with Gasteiger partial charge in [-0.1, -0.05) is 36.4 Å². The normalized spacial score (nSPS) is 11.0. The maximum atomic E-state index is 13.8. The van der Waals surface area contributed by atoms with Crippen LogP contribution >= 0.6 is 0 Å². The van der Waals surface area contributed by atoms with E-state index in [0.29, 0.717) is 11.3 Å². The highest BCUT2D eigenvalue weighted by Gasteiger charge is 2.12. The largest absolute Gasteiger partial charge is 0.361 e. The minimum absolute atomic E-state index is 0.0734. The number of amides is 2. The summed E-state index contributed by atoms with van der Waals surface area (Å²) in [5.41, 5.74) is 4.89. The van der Waals surface area contributed by atoms with Crippen molar-refractivity contribution in [2.24, 2.45) is 5.10 Å². The summed E-state index contributed by atoms with van der Waals surface area (Å²) in [6, 6.07) is 19.8. The number of benzene rings is 3. The average Bonchev–Trinajstić information content (AvgIpc) is 3.17. The summed E-state index contributed by atoms with van der Waals surface area (Å²) in [6.45, 7) is 0. The fourth-order valence-corrected chi connectivity index (χ4v) is 3.01. The molecule has 3 aromatic carbocycles. The number of para-hydroxylation sites is 1. The zero-order chi connectivity index (χ0) is 20.9. The number of aromatic amines is 1. The molecule has 3 N–H and O–H groups in total. The van der Waals surface area contributed by atoms with Crippen LogP contribution in [0.15, 0.2) is 84.1 Å². The van der Waals surface area contributed by atoms with E-state index in [1.165, 1.54) is 24.3 Å². The first-order chi connectivity index (χ1) is 14.6. The van der Waals surface area contributed by atoms with Crippen molar-refractivity contribution in [2.75, 3.05) is 5.32 Å². The SMILES string of the molecule is O=C(N/N=C/c1c[nH]c2ccccc12)c1cccc(NC(=O)c2ccccc2F)c1. The summed E-state index contributed by atoms with van der Waals surface area (Å²) in [7, 11) is 0. The Labute approximate surface area is 171 Å². The number of hydrogen-bond donors (Lipinski definition) is 3. The van der Waals surface area contributed by atoms with Crippen LogP contribution in [0.1, 0.15) is 26.3 Å². The molecule has 4 rings (SSSR count). The van der Waals surface area contributed by atoms with Gasteiger partial charge in [0.1, 0.15) is 5.82 Å². The van der Waals surface area contributed by atoms with Crippen molar-refractivity contribution >= 4 is 34.6 Å². The van der Waals surface area contributed by atoms with Crippen LogP contribution in [0.25, 0.3) is 10.9 Å². The van der Waals surface area contributed by atoms with Crippen molar-refractivity contribution in [3.8, 4) is 0 Å². The lowest BCUT2D eigenvalue weighted by Gasteiger charge is -2.07. The summed E-state index contributed by atoms with van der Waals surface area (Å²) in [6.07, 6.45) is 3.36. The van der Waals surface area contributed by atoms with Gasteiger partial charge in [-0.15, -0.1) is 0 Å². The van der Waals surface area contributed by atoms with Gasteiger partial charge in [0.2, 0.25) is 0 Å². The summed E-state index contributed by atoms with van der Waals surface area (Å²) >= 11 is 0. The first-order valence-corrected chi connectivity index (χ1v) is 9.17. The lowest BCUT2D eigenvalue weighted by Crippen LogP contribution is -2.18. The molecule has 0 bridgehead atoms. The van der Waals surface area contributed by atoms with Crippen molar-refractivity contribution in [1.29, 1.82) is 0 Å². The predicted molar refractivity (Wildman–Crippen MR) is 114 cm³/mol. The first-order valence-electron chi connectivity index (χ1n) is 9.17. The second-order valence-corrected chi connectivity index (χ2v) is 6.50. The summed E-state index contributed by atoms with van der Waals surface area (Å²) in [5, 5.41) is 7.59. The molecule has 0 spiro atoms. The lowest BCUT2D eigenvalue weighted by atomic mass is 10.1. The van der Waals surface area contributed by atoms with Crippen LogP contribution in [0.2, 0.25) is 0 Å². The number of nitrogens with one attached hydrogen (secondary N) is 3. The van der Waals surface area contributed by atoms with Crippen LogP contribution in [0.4, 0.5) is 10.1 Å². The van der Waals surface area contributed by atoms with Gasteiger partial charge in [-0.3, -0.25) is 9.59 Å². The van der Waals surface area contributed by atoms with E-state index >= 15 is 0 Å². The van der Waals surface area contributed by atoms with Crippen LogP contribution in [-0.4, -0.2) is 23.0 Å². The molecule has 7 heteroatoms. The van der Waals surface area contributed by atoms with E-state index in [1.54, 1.807) is 36.7 Å². The molecule has 0 aliphatic rings. The fraction of sp³-hybridized carbons (Fsp3) is 0. The highest BCUT2D eigenvalue weighted by Crippen LogP contribution is 2.16. The van der Waals surface area contributed by atoms with Gasteiger partial charge >= 0.3 is 0 Å². The number of rotatable bonds is 5. The Bertz CT molecular complexity index is 1260. The highest BCUT2D eigenvalue weighted by atomic mass is 19.1. The molecule has 1 heterocycles. The number of carbonyl (C=O) groups is 2. The Balaban J connectivity index is 1.43. The van der Waals surface area contributed by atoms with Gasteiger partial charge in [-0.25, -0.2) is 9.82 Å². The third kappa shape index (κ3) is 4.10. The first kappa shape index (κ1) is 19.1. The Morgan fingerprint density at radius 1 is 0.933 bits per heavy atom. The van der Waals surface area contributed by atoms with Gasteiger partial charge in [-0.2, -0.15) is 5.10 Å². The molecule has 0 unspecified atom stereocenters. The van der Waals surface area contributed by atoms with Crippen LogP contribution in [0, 0.1) is 5.82 Å². The molecule has 0 saturated heterocycles. The van der Waals surface area contributed by atoms with Gasteiger partial charge in [0.15, 0.2) is 0 Å². The van der Waals surface area contributed by atoms with Gasteiger partial charge in [0, 0.05) is 33.9 Å². The monoisotopic (exact) mass is 400 g/mol. The second-order valence-electron chi connectivity index (χ2n) is 6.50. The molecule has 0 atom stereocenters. The van der Waals surface area contributed by atoms with Crippen molar-refractivity contribution in [3.63, 3.8) is 0 Å². The summed E-state index contributed by atoms with van der Waals surface area (Å²) < 4.78 is 13.8. The van der Waals surface area contributed by atoms with Gasteiger partial charge in [0.25, 0.3) is 11.8 Å². The minimum Gasteiger partial charge on any atom is -0.361 e. The Morgan fingerprint density at radius 3 is 2.60 bits per heavy atom. The summed E-state index contributed by atoms with van der Waals surface area (Å²) in [4.78, 5) is 27.8. The average molecular weight is 400 g/mol. The molecule has 4 aromatic rings. The van der Waals surface area contributed by atoms with Crippen LogP contribution in [-0.2, 0) is 0 Å². The standard InChI is InChI=1S/C23H17FN4O2/c24-20-10-3-1-9-19(20)23(30)27-17-7-5-6-15(12-17)22(29)28-26-14-16-13-25-21-11-4-2-8-18(16)21/h1-14,25H,(H,27,30)(H,28,29)/b26-14+. The molecular weight excluding hydrogens is 383 g/mol. The molecule has 0 aliphatic heterocycles. The van der Waals surface area contributed by atoms with Crippen molar-refractivity contribution in [3.05, 3.63) is 102 Å². The molecule has 0 fully saturated rings. The number of carbonyl (C=O) groups excluding carboxylic acids is 2. The molecule has 30 heavy (non-hydrogen) atoms. The number of hydrazone groups is 1. The number of halogens is 1. The van der Waals surface area contributed by atoms with E-state index in [4.69, 9.17) is 0 Å². The van der Waals surface area contributed by atoms with Crippen LogP contribution < -0.4 is 10.7 Å². The Morgan fingerprint density at radius 2 is 1.73 bits per heavy atom. The van der Waals surface area contributed by atoms with Crippen molar-refractivity contribution in [1.82, 2.24) is 10.4 Å². The number of hydrogen-bond acceptors (Lipinski definition) is 3. The van der Waals surface area contributed by atoms with E-state index in [0.717, 1.165) is 16.5 Å². The predicted octanol–water partition coefficient (Wildman–Crippen LogP) is 4.32. The Hall–Kier alpha value is -4.26.